The minimum Gasteiger partial charge on any atom is -0.376 e. The molecule has 0 radical (unpaired) electrons. The molecule has 1 aromatic carbocycles. The summed E-state index contributed by atoms with van der Waals surface area (Å²) in [6.07, 6.45) is 6.82. The molecule has 1 N–H and O–H groups in total. The minimum atomic E-state index is 0.688. The molecule has 1 aromatic rings. The summed E-state index contributed by atoms with van der Waals surface area (Å²) in [5, 5.41) is 3.58. The summed E-state index contributed by atoms with van der Waals surface area (Å²) in [5.41, 5.74) is 1.28. The molecule has 2 rings (SSSR count). The van der Waals surface area contributed by atoms with Gasteiger partial charge in [-0.1, -0.05) is 62.9 Å². The number of nitrogens with one attached hydrogen (secondary N) is 1. The average Bonchev–Trinajstić information content (AvgIpc) is 3.01. The maximum atomic E-state index is 5.98. The normalized spacial score (nSPS) is 17.4. The number of hydrogen-bond acceptors (Lipinski definition) is 2. The second kappa shape index (κ2) is 9.15. The lowest BCUT2D eigenvalue weighted by Gasteiger charge is -2.24. The largest absolute Gasteiger partial charge is 0.376 e. The SMILES string of the molecule is CCCNCC(COCc1ccccc1)C1CCCC1. The zero-order chi connectivity index (χ0) is 14.0. The van der Waals surface area contributed by atoms with Gasteiger partial charge in [-0.15, -0.1) is 0 Å². The molecule has 0 saturated heterocycles. The van der Waals surface area contributed by atoms with E-state index < -0.39 is 0 Å². The fourth-order valence-corrected chi connectivity index (χ4v) is 3.16. The van der Waals surface area contributed by atoms with Crippen LogP contribution in [0.1, 0.15) is 44.6 Å². The second-order valence-electron chi connectivity index (χ2n) is 6.01. The Morgan fingerprint density at radius 1 is 1.20 bits per heavy atom. The summed E-state index contributed by atoms with van der Waals surface area (Å²) < 4.78 is 5.98. The van der Waals surface area contributed by atoms with Crippen molar-refractivity contribution in [3.8, 4) is 0 Å². The van der Waals surface area contributed by atoms with Crippen LogP contribution in [0.2, 0.25) is 0 Å². The summed E-state index contributed by atoms with van der Waals surface area (Å²) in [6, 6.07) is 10.5. The first-order chi connectivity index (χ1) is 9.90. The first kappa shape index (κ1) is 15.5. The van der Waals surface area contributed by atoms with Crippen molar-refractivity contribution in [1.82, 2.24) is 5.32 Å². The molecule has 1 atom stereocenters. The zero-order valence-electron chi connectivity index (χ0n) is 12.8. The Balaban J connectivity index is 1.74. The smallest absolute Gasteiger partial charge is 0.0717 e. The van der Waals surface area contributed by atoms with Crippen molar-refractivity contribution in [2.75, 3.05) is 19.7 Å². The molecule has 0 bridgehead atoms. The lowest BCUT2D eigenvalue weighted by molar-refractivity contribution is 0.0662. The monoisotopic (exact) mass is 275 g/mol. The number of ether oxygens (including phenoxy) is 1. The summed E-state index contributed by atoms with van der Waals surface area (Å²) >= 11 is 0. The van der Waals surface area contributed by atoms with Gasteiger partial charge in [0.05, 0.1) is 13.2 Å². The van der Waals surface area contributed by atoms with E-state index in [1.54, 1.807) is 0 Å². The van der Waals surface area contributed by atoms with Crippen molar-refractivity contribution in [1.29, 1.82) is 0 Å². The molecule has 0 spiro atoms. The van der Waals surface area contributed by atoms with E-state index in [1.165, 1.54) is 37.7 Å². The van der Waals surface area contributed by atoms with Crippen molar-refractivity contribution < 1.29 is 4.74 Å². The van der Waals surface area contributed by atoms with Crippen LogP contribution in [0.5, 0.6) is 0 Å². The number of rotatable bonds is 9. The van der Waals surface area contributed by atoms with Crippen molar-refractivity contribution in [2.24, 2.45) is 11.8 Å². The van der Waals surface area contributed by atoms with Crippen LogP contribution < -0.4 is 5.32 Å². The van der Waals surface area contributed by atoms with Crippen LogP contribution in [-0.2, 0) is 11.3 Å². The quantitative estimate of drug-likeness (QED) is 0.688. The van der Waals surface area contributed by atoms with Crippen LogP contribution in [-0.4, -0.2) is 19.7 Å². The van der Waals surface area contributed by atoms with E-state index in [9.17, 15) is 0 Å². The Labute approximate surface area is 123 Å². The molecule has 1 aliphatic rings. The van der Waals surface area contributed by atoms with E-state index >= 15 is 0 Å². The molecular weight excluding hydrogens is 246 g/mol. The maximum absolute atomic E-state index is 5.98. The van der Waals surface area contributed by atoms with Gasteiger partial charge >= 0.3 is 0 Å². The predicted octanol–water partition coefficient (Wildman–Crippen LogP) is 4.01. The molecule has 0 aliphatic heterocycles. The zero-order valence-corrected chi connectivity index (χ0v) is 12.8. The van der Waals surface area contributed by atoms with E-state index in [0.717, 1.165) is 32.2 Å². The molecule has 0 aromatic heterocycles. The molecule has 1 unspecified atom stereocenters. The molecule has 2 heteroatoms. The van der Waals surface area contributed by atoms with Crippen LogP contribution in [0.3, 0.4) is 0 Å². The highest BCUT2D eigenvalue weighted by Crippen LogP contribution is 2.31. The third-order valence-corrected chi connectivity index (χ3v) is 4.34. The Kier molecular flexibility index (Phi) is 7.10. The Hall–Kier alpha value is -0.860. The Morgan fingerprint density at radius 3 is 2.65 bits per heavy atom. The van der Waals surface area contributed by atoms with Gasteiger partial charge in [-0.2, -0.15) is 0 Å². The molecule has 0 amide bonds. The van der Waals surface area contributed by atoms with Gasteiger partial charge in [0.15, 0.2) is 0 Å². The average molecular weight is 275 g/mol. The van der Waals surface area contributed by atoms with Gasteiger partial charge in [-0.25, -0.2) is 0 Å². The highest BCUT2D eigenvalue weighted by molar-refractivity contribution is 5.13. The van der Waals surface area contributed by atoms with Gasteiger partial charge in [0.25, 0.3) is 0 Å². The Bertz CT molecular complexity index is 346. The van der Waals surface area contributed by atoms with Gasteiger partial charge in [-0.05, 0) is 30.4 Å². The molecule has 1 saturated carbocycles. The summed E-state index contributed by atoms with van der Waals surface area (Å²) in [7, 11) is 0. The molecule has 2 nitrogen and oxygen atoms in total. The van der Waals surface area contributed by atoms with Crippen LogP contribution in [0.25, 0.3) is 0 Å². The van der Waals surface area contributed by atoms with Crippen LogP contribution in [0.4, 0.5) is 0 Å². The van der Waals surface area contributed by atoms with E-state index in [-0.39, 0.29) is 0 Å². The minimum absolute atomic E-state index is 0.688. The van der Waals surface area contributed by atoms with E-state index in [2.05, 4.69) is 42.6 Å². The second-order valence-corrected chi connectivity index (χ2v) is 6.01. The van der Waals surface area contributed by atoms with E-state index in [1.807, 2.05) is 0 Å². The highest BCUT2D eigenvalue weighted by atomic mass is 16.5. The predicted molar refractivity (Wildman–Crippen MR) is 84.7 cm³/mol. The first-order valence-corrected chi connectivity index (χ1v) is 8.22. The van der Waals surface area contributed by atoms with Crippen molar-refractivity contribution in [3.63, 3.8) is 0 Å². The number of benzene rings is 1. The van der Waals surface area contributed by atoms with Gasteiger partial charge < -0.3 is 10.1 Å². The molecule has 1 aliphatic carbocycles. The third-order valence-electron chi connectivity index (χ3n) is 4.34. The fraction of sp³-hybridized carbons (Fsp3) is 0.667. The van der Waals surface area contributed by atoms with Gasteiger partial charge in [0.1, 0.15) is 0 Å². The van der Waals surface area contributed by atoms with Gasteiger partial charge in [0, 0.05) is 6.54 Å². The topological polar surface area (TPSA) is 21.3 Å². The van der Waals surface area contributed by atoms with Crippen LogP contribution in [0.15, 0.2) is 30.3 Å². The molecular formula is C18H29NO. The summed E-state index contributed by atoms with van der Waals surface area (Å²) in [6.45, 7) is 6.12. The molecule has 20 heavy (non-hydrogen) atoms. The van der Waals surface area contributed by atoms with Crippen LogP contribution in [0, 0.1) is 11.8 Å². The Morgan fingerprint density at radius 2 is 1.95 bits per heavy atom. The van der Waals surface area contributed by atoms with E-state index in [0.29, 0.717) is 5.92 Å². The fourth-order valence-electron chi connectivity index (χ4n) is 3.16. The van der Waals surface area contributed by atoms with E-state index in [4.69, 9.17) is 4.74 Å². The molecule has 1 fully saturated rings. The standard InChI is InChI=1S/C18H29NO/c1-2-12-19-13-18(17-10-6-7-11-17)15-20-14-16-8-4-3-5-9-16/h3-5,8-9,17-19H,2,6-7,10-15H2,1H3. The lowest BCUT2D eigenvalue weighted by Crippen LogP contribution is -2.31. The highest BCUT2D eigenvalue weighted by Gasteiger charge is 2.24. The first-order valence-electron chi connectivity index (χ1n) is 8.22. The molecule has 112 valence electrons. The van der Waals surface area contributed by atoms with Crippen molar-refractivity contribution in [3.05, 3.63) is 35.9 Å². The summed E-state index contributed by atoms with van der Waals surface area (Å²) in [4.78, 5) is 0. The van der Waals surface area contributed by atoms with Crippen molar-refractivity contribution in [2.45, 2.75) is 45.6 Å². The number of hydrogen-bond donors (Lipinski definition) is 1. The molecule has 0 heterocycles. The summed E-state index contributed by atoms with van der Waals surface area (Å²) in [5.74, 6) is 1.56. The third kappa shape index (κ3) is 5.26. The lowest BCUT2D eigenvalue weighted by atomic mass is 9.91. The van der Waals surface area contributed by atoms with Gasteiger partial charge in [-0.3, -0.25) is 0 Å². The van der Waals surface area contributed by atoms with Gasteiger partial charge in [0.2, 0.25) is 0 Å². The maximum Gasteiger partial charge on any atom is 0.0717 e. The van der Waals surface area contributed by atoms with Crippen LogP contribution >= 0.6 is 0 Å². The van der Waals surface area contributed by atoms with Crippen molar-refractivity contribution >= 4 is 0 Å².